The monoisotopic (exact) mass is 497 g/mol. The molecule has 1 aliphatic carbocycles. The molecule has 0 aliphatic heterocycles. The van der Waals surface area contributed by atoms with Crippen molar-refractivity contribution in [3.63, 3.8) is 0 Å². The molecule has 0 radical (unpaired) electrons. The van der Waals surface area contributed by atoms with Crippen molar-refractivity contribution in [2.75, 3.05) is 5.75 Å². The lowest BCUT2D eigenvalue weighted by Gasteiger charge is -2.29. The van der Waals surface area contributed by atoms with Crippen molar-refractivity contribution >= 4 is 46.8 Å². The summed E-state index contributed by atoms with van der Waals surface area (Å²) in [7, 11) is 0. The number of nitrogens with one attached hydrogen (secondary N) is 3. The van der Waals surface area contributed by atoms with E-state index in [4.69, 9.17) is 23.2 Å². The summed E-state index contributed by atoms with van der Waals surface area (Å²) in [6.45, 7) is 6.14. The van der Waals surface area contributed by atoms with Crippen molar-refractivity contribution in [3.05, 3.63) is 39.6 Å². The lowest BCUT2D eigenvalue weighted by Crippen LogP contribution is -2.41. The maximum Gasteiger partial charge on any atom is 0.253 e. The number of aromatic nitrogens is 3. The number of hydrogen-bond acceptors (Lipinski definition) is 5. The van der Waals surface area contributed by atoms with Crippen molar-refractivity contribution in [2.45, 2.75) is 63.7 Å². The Morgan fingerprint density at radius 3 is 2.69 bits per heavy atom. The van der Waals surface area contributed by atoms with Crippen LogP contribution in [0.3, 0.4) is 0 Å². The average Bonchev–Trinajstić information content (AvgIpc) is 3.20. The second-order valence-electron chi connectivity index (χ2n) is 8.55. The molecule has 1 heterocycles. The van der Waals surface area contributed by atoms with Crippen molar-refractivity contribution in [2.24, 2.45) is 11.8 Å². The average molecular weight is 498 g/mol. The molecule has 3 atom stereocenters. The lowest BCUT2D eigenvalue weighted by molar-refractivity contribution is -0.119. The Hall–Kier alpha value is -1.77. The van der Waals surface area contributed by atoms with Crippen LogP contribution >= 0.6 is 35.0 Å². The van der Waals surface area contributed by atoms with Crippen molar-refractivity contribution in [3.8, 4) is 0 Å². The summed E-state index contributed by atoms with van der Waals surface area (Å²) in [6, 6.07) is 4.60. The summed E-state index contributed by atoms with van der Waals surface area (Å²) in [5.41, 5.74) is 0.337. The SMILES string of the molecule is CC(C)[C@H](NC(=O)c1ccc(Cl)cc1Cl)c1nc(SCC(=O)N[C@@H]2CCCC[C@H]2C)n[nH]1. The van der Waals surface area contributed by atoms with Gasteiger partial charge in [-0.2, -0.15) is 0 Å². The van der Waals surface area contributed by atoms with Gasteiger partial charge in [0.15, 0.2) is 0 Å². The summed E-state index contributed by atoms with van der Waals surface area (Å²) in [4.78, 5) is 29.6. The molecule has 3 N–H and O–H groups in total. The van der Waals surface area contributed by atoms with Crippen LogP contribution in [-0.2, 0) is 4.79 Å². The van der Waals surface area contributed by atoms with Crippen LogP contribution < -0.4 is 10.6 Å². The number of rotatable bonds is 8. The van der Waals surface area contributed by atoms with E-state index in [2.05, 4.69) is 32.7 Å². The summed E-state index contributed by atoms with van der Waals surface area (Å²) in [5.74, 6) is 1.01. The highest BCUT2D eigenvalue weighted by molar-refractivity contribution is 7.99. The first-order valence-corrected chi connectivity index (χ1v) is 12.6. The highest BCUT2D eigenvalue weighted by Crippen LogP contribution is 2.26. The first-order chi connectivity index (χ1) is 15.2. The third-order valence-corrected chi connectivity index (χ3v) is 7.09. The van der Waals surface area contributed by atoms with Gasteiger partial charge in [0.2, 0.25) is 11.1 Å². The molecule has 1 saturated carbocycles. The molecule has 0 unspecified atom stereocenters. The fraction of sp³-hybridized carbons (Fsp3) is 0.545. The maximum atomic E-state index is 12.7. The van der Waals surface area contributed by atoms with Crippen LogP contribution in [-0.4, -0.2) is 38.8 Å². The van der Waals surface area contributed by atoms with Crippen LogP contribution in [0, 0.1) is 11.8 Å². The third-order valence-electron chi connectivity index (χ3n) is 5.70. The van der Waals surface area contributed by atoms with Crippen LogP contribution in [0.25, 0.3) is 0 Å². The Balaban J connectivity index is 1.58. The van der Waals surface area contributed by atoms with Gasteiger partial charge in [-0.25, -0.2) is 4.98 Å². The fourth-order valence-corrected chi connectivity index (χ4v) is 4.93. The van der Waals surface area contributed by atoms with E-state index in [0.717, 1.165) is 19.3 Å². The highest BCUT2D eigenvalue weighted by Gasteiger charge is 2.25. The molecule has 10 heteroatoms. The standard InChI is InChI=1S/C22H29Cl2N5O2S/c1-12(2)19(26-21(31)15-9-8-14(23)10-16(15)24)20-27-22(29-28-20)32-11-18(30)25-17-7-5-4-6-13(17)3/h8-10,12-13,17,19H,4-7,11H2,1-3H3,(H,25,30)(H,26,31)(H,27,28,29)/t13-,17-,19+/m1/s1. The number of halogens is 2. The highest BCUT2D eigenvalue weighted by atomic mass is 35.5. The van der Waals surface area contributed by atoms with Crippen LogP contribution in [0.4, 0.5) is 0 Å². The smallest absolute Gasteiger partial charge is 0.253 e. The number of H-pyrrole nitrogens is 1. The Bertz CT molecular complexity index is 952. The molecule has 0 saturated heterocycles. The molecule has 174 valence electrons. The number of benzene rings is 1. The van der Waals surface area contributed by atoms with Crippen LogP contribution in [0.2, 0.25) is 10.0 Å². The molecule has 1 aromatic heterocycles. The second-order valence-corrected chi connectivity index (χ2v) is 10.3. The quantitative estimate of drug-likeness (QED) is 0.444. The van der Waals surface area contributed by atoms with E-state index >= 15 is 0 Å². The minimum atomic E-state index is -0.395. The minimum absolute atomic E-state index is 0.00815. The first kappa shape index (κ1) is 24.9. The number of aromatic amines is 1. The second kappa shape index (κ2) is 11.4. The molecule has 3 rings (SSSR count). The summed E-state index contributed by atoms with van der Waals surface area (Å²) in [5, 5.41) is 14.4. The number of amides is 2. The molecular formula is C22H29Cl2N5O2S. The van der Waals surface area contributed by atoms with E-state index in [9.17, 15) is 9.59 Å². The normalized spacial score (nSPS) is 19.6. The molecule has 2 aromatic rings. The number of thioether (sulfide) groups is 1. The van der Waals surface area contributed by atoms with Crippen molar-refractivity contribution < 1.29 is 9.59 Å². The van der Waals surface area contributed by atoms with Crippen LogP contribution in [0.5, 0.6) is 0 Å². The topological polar surface area (TPSA) is 99.8 Å². The molecule has 1 aromatic carbocycles. The Morgan fingerprint density at radius 1 is 1.25 bits per heavy atom. The molecule has 1 aliphatic rings. The summed E-state index contributed by atoms with van der Waals surface area (Å²) >= 11 is 13.4. The molecule has 7 nitrogen and oxygen atoms in total. The molecular weight excluding hydrogens is 469 g/mol. The van der Waals surface area contributed by atoms with E-state index in [-0.39, 0.29) is 34.5 Å². The van der Waals surface area contributed by atoms with Gasteiger partial charge in [-0.05, 0) is 42.9 Å². The van der Waals surface area contributed by atoms with Crippen molar-refractivity contribution in [1.29, 1.82) is 0 Å². The zero-order valence-corrected chi connectivity index (χ0v) is 20.8. The van der Waals surface area contributed by atoms with Gasteiger partial charge in [0, 0.05) is 11.1 Å². The van der Waals surface area contributed by atoms with Gasteiger partial charge < -0.3 is 10.6 Å². The number of carbonyl (C=O) groups excluding carboxylic acids is 2. The summed E-state index contributed by atoms with van der Waals surface area (Å²) < 4.78 is 0. The molecule has 32 heavy (non-hydrogen) atoms. The third kappa shape index (κ3) is 6.62. The number of nitrogens with zero attached hydrogens (tertiary/aromatic N) is 2. The molecule has 0 bridgehead atoms. The largest absolute Gasteiger partial charge is 0.352 e. The van der Waals surface area contributed by atoms with Gasteiger partial charge in [0.05, 0.1) is 22.4 Å². The maximum absolute atomic E-state index is 12.7. The van der Waals surface area contributed by atoms with E-state index in [1.807, 2.05) is 13.8 Å². The lowest BCUT2D eigenvalue weighted by atomic mass is 9.86. The van der Waals surface area contributed by atoms with Gasteiger partial charge in [-0.3, -0.25) is 14.7 Å². The fourth-order valence-electron chi connectivity index (χ4n) is 3.81. The van der Waals surface area contributed by atoms with Gasteiger partial charge in [0.25, 0.3) is 5.91 Å². The molecule has 0 spiro atoms. The van der Waals surface area contributed by atoms with Gasteiger partial charge >= 0.3 is 0 Å². The van der Waals surface area contributed by atoms with Gasteiger partial charge in [-0.1, -0.05) is 68.6 Å². The predicted molar refractivity (Wildman–Crippen MR) is 128 cm³/mol. The van der Waals surface area contributed by atoms with Crippen molar-refractivity contribution in [1.82, 2.24) is 25.8 Å². The van der Waals surface area contributed by atoms with Gasteiger partial charge in [0.1, 0.15) is 5.82 Å². The number of carbonyl (C=O) groups is 2. The molecule has 2 amide bonds. The zero-order chi connectivity index (χ0) is 23.3. The van der Waals surface area contributed by atoms with E-state index in [1.54, 1.807) is 12.1 Å². The van der Waals surface area contributed by atoms with E-state index < -0.39 is 6.04 Å². The molecule has 1 fully saturated rings. The number of hydrogen-bond donors (Lipinski definition) is 3. The first-order valence-electron chi connectivity index (χ1n) is 10.8. The Labute approximate surface area is 202 Å². The van der Waals surface area contributed by atoms with Gasteiger partial charge in [-0.15, -0.1) is 5.10 Å². The predicted octanol–water partition coefficient (Wildman–Crippen LogP) is 5.03. The zero-order valence-electron chi connectivity index (χ0n) is 18.5. The van der Waals surface area contributed by atoms with E-state index in [1.165, 1.54) is 24.2 Å². The van der Waals surface area contributed by atoms with Crippen LogP contribution in [0.1, 0.15) is 68.7 Å². The Kier molecular flexibility index (Phi) is 8.85. The van der Waals surface area contributed by atoms with Crippen LogP contribution in [0.15, 0.2) is 23.4 Å². The Morgan fingerprint density at radius 2 is 2.00 bits per heavy atom. The van der Waals surface area contributed by atoms with E-state index in [0.29, 0.717) is 27.5 Å². The summed E-state index contributed by atoms with van der Waals surface area (Å²) in [6.07, 6.45) is 4.60. The minimum Gasteiger partial charge on any atom is -0.352 e.